The van der Waals surface area contributed by atoms with Gasteiger partial charge in [-0.15, -0.1) is 0 Å². The summed E-state index contributed by atoms with van der Waals surface area (Å²) in [7, 11) is 0. The van der Waals surface area contributed by atoms with E-state index in [9.17, 15) is 0 Å². The van der Waals surface area contributed by atoms with Gasteiger partial charge in [0.15, 0.2) is 11.6 Å². The minimum Gasteiger partial charge on any atom is -0.309 e. The minimum absolute atomic E-state index is 0.590. The summed E-state index contributed by atoms with van der Waals surface area (Å²) in [5.41, 5.74) is 19.6. The van der Waals surface area contributed by atoms with Crippen LogP contribution in [0.3, 0.4) is 0 Å². The maximum absolute atomic E-state index is 5.08. The fourth-order valence-corrected chi connectivity index (χ4v) is 13.3. The summed E-state index contributed by atoms with van der Waals surface area (Å²) in [5.74, 6) is 1.87. The van der Waals surface area contributed by atoms with Crippen LogP contribution in [0.2, 0.25) is 0 Å². The van der Waals surface area contributed by atoms with Crippen molar-refractivity contribution in [3.8, 4) is 68.0 Å². The first-order chi connectivity index (χ1) is 43.7. The lowest BCUT2D eigenvalue weighted by Gasteiger charge is -2.11. The number of para-hydroxylation sites is 7. The maximum Gasteiger partial charge on any atom is 0.238 e. The van der Waals surface area contributed by atoms with Gasteiger partial charge in [-0.25, -0.2) is 4.98 Å². The highest BCUT2D eigenvalue weighted by Gasteiger charge is 2.21. The average molecular weight is 1120 g/mol. The van der Waals surface area contributed by atoms with E-state index in [0.717, 1.165) is 44.2 Å². The number of fused-ring (bicyclic) bond motifs is 12. The third-order valence-electron chi connectivity index (χ3n) is 17.3. The number of hydrogen-bond donors (Lipinski definition) is 0. The molecule has 0 unspecified atom stereocenters. The molecule has 0 amide bonds. The predicted molar refractivity (Wildman–Crippen MR) is 365 cm³/mol. The van der Waals surface area contributed by atoms with Crippen molar-refractivity contribution in [2.45, 2.75) is 0 Å². The molecule has 0 aliphatic carbocycles. The molecule has 7 heteroatoms. The largest absolute Gasteiger partial charge is 0.309 e. The summed E-state index contributed by atoms with van der Waals surface area (Å²) in [6, 6.07) is 114. The molecular formula is C81H53N7. The summed E-state index contributed by atoms with van der Waals surface area (Å²) in [6.07, 6.45) is 0. The summed E-state index contributed by atoms with van der Waals surface area (Å²) in [5, 5.41) is 9.86. The Balaban J connectivity index is 0.000000142. The molecule has 0 bridgehead atoms. The number of aromatic nitrogens is 7. The molecule has 88 heavy (non-hydrogen) atoms. The Labute approximate surface area is 507 Å². The van der Waals surface area contributed by atoms with Crippen molar-refractivity contribution in [2.75, 3.05) is 0 Å². The Morgan fingerprint density at radius 2 is 0.409 bits per heavy atom. The Morgan fingerprint density at radius 1 is 0.170 bits per heavy atom. The second-order valence-electron chi connectivity index (χ2n) is 22.4. The van der Waals surface area contributed by atoms with E-state index in [2.05, 4.69) is 279 Å². The Bertz CT molecular complexity index is 5450. The molecule has 0 aliphatic heterocycles. The van der Waals surface area contributed by atoms with Crippen LogP contribution in [0.25, 0.3) is 155 Å². The zero-order valence-electron chi connectivity index (χ0n) is 47.7. The second-order valence-corrected chi connectivity index (χ2v) is 22.4. The SMILES string of the molecule is c1ccc(-c2nc(-c3ccccc3)nc(-n3c4ccccc4c4cc(-c5ccc6c(c5)c5ccccc5n6-c5ccccc5)ccc43)n2)cc1.c1ccc(-n2c3ccccc3c3cc(-c4ccc5c(c4)c4ccccc4n5-c4ccccc4)ccc32)cc1. The highest BCUT2D eigenvalue weighted by atomic mass is 15.2. The van der Waals surface area contributed by atoms with Crippen LogP contribution in [-0.4, -0.2) is 33.2 Å². The minimum atomic E-state index is 0.590. The lowest BCUT2D eigenvalue weighted by molar-refractivity contribution is 0.953. The summed E-state index contributed by atoms with van der Waals surface area (Å²) < 4.78 is 9.26. The van der Waals surface area contributed by atoms with E-state index in [1.165, 1.54) is 93.5 Å². The van der Waals surface area contributed by atoms with Crippen LogP contribution in [-0.2, 0) is 0 Å². The first-order valence-electron chi connectivity index (χ1n) is 29.8. The van der Waals surface area contributed by atoms with Crippen molar-refractivity contribution in [2.24, 2.45) is 0 Å². The standard InChI is InChI=1S/C45H29N5.C36H24N2/c1-4-14-30(15-5-1)43-46-44(31-16-6-2-7-17-31)48-45(47-43)50-40-23-13-11-21-36(40)38-29-33(25-27-42(38)50)32-24-26-41-37(28-32)35-20-10-12-22-39(35)49(41)34-18-8-3-9-19-34;1-3-11-27(12-4-1)37-33-17-9-7-15-29(33)31-23-25(19-21-35(31)37)26-20-22-36-32(24-26)30-16-8-10-18-34(30)38(36)28-13-5-2-6-14-28/h1-29H;1-24H. The summed E-state index contributed by atoms with van der Waals surface area (Å²) in [4.78, 5) is 15.1. The van der Waals surface area contributed by atoms with E-state index < -0.39 is 0 Å². The Hall–Kier alpha value is -11.9. The van der Waals surface area contributed by atoms with Gasteiger partial charge in [0, 0.05) is 71.3 Å². The molecular weight excluding hydrogens is 1070 g/mol. The Morgan fingerprint density at radius 3 is 0.716 bits per heavy atom. The van der Waals surface area contributed by atoms with Crippen molar-refractivity contribution < 1.29 is 0 Å². The molecule has 0 saturated carbocycles. The molecule has 13 aromatic carbocycles. The first kappa shape index (κ1) is 50.6. The zero-order valence-corrected chi connectivity index (χ0v) is 47.7. The van der Waals surface area contributed by atoms with Gasteiger partial charge in [-0.3, -0.25) is 4.57 Å². The van der Waals surface area contributed by atoms with Crippen LogP contribution >= 0.6 is 0 Å². The molecule has 0 radical (unpaired) electrons. The molecule has 7 nitrogen and oxygen atoms in total. The summed E-state index contributed by atoms with van der Waals surface area (Å²) in [6.45, 7) is 0. The number of benzene rings is 13. The molecule has 412 valence electrons. The lowest BCUT2D eigenvalue weighted by atomic mass is 10.0. The van der Waals surface area contributed by atoms with Gasteiger partial charge in [0.2, 0.25) is 5.95 Å². The molecule has 0 spiro atoms. The third-order valence-corrected chi connectivity index (χ3v) is 17.3. The molecule has 5 aromatic heterocycles. The average Bonchev–Trinajstić information content (AvgIpc) is 2.27. The van der Waals surface area contributed by atoms with E-state index in [4.69, 9.17) is 15.0 Å². The third kappa shape index (κ3) is 8.47. The smallest absolute Gasteiger partial charge is 0.238 e. The van der Waals surface area contributed by atoms with Gasteiger partial charge in [0.25, 0.3) is 0 Å². The van der Waals surface area contributed by atoms with Crippen LogP contribution in [0.1, 0.15) is 0 Å². The summed E-state index contributed by atoms with van der Waals surface area (Å²) >= 11 is 0. The molecule has 0 fully saturated rings. The fourth-order valence-electron chi connectivity index (χ4n) is 13.3. The number of hydrogen-bond acceptors (Lipinski definition) is 3. The van der Waals surface area contributed by atoms with Crippen molar-refractivity contribution in [1.82, 2.24) is 33.2 Å². The van der Waals surface area contributed by atoms with Crippen LogP contribution in [0.15, 0.2) is 322 Å². The van der Waals surface area contributed by atoms with Crippen molar-refractivity contribution in [3.05, 3.63) is 322 Å². The van der Waals surface area contributed by atoms with Gasteiger partial charge in [-0.1, -0.05) is 212 Å². The molecule has 0 aliphatic rings. The number of nitrogens with zero attached hydrogens (tertiary/aromatic N) is 7. The normalized spacial score (nSPS) is 11.6. The van der Waals surface area contributed by atoms with Crippen molar-refractivity contribution in [3.63, 3.8) is 0 Å². The molecule has 0 saturated heterocycles. The lowest BCUT2D eigenvalue weighted by Crippen LogP contribution is -2.06. The van der Waals surface area contributed by atoms with E-state index >= 15 is 0 Å². The van der Waals surface area contributed by atoms with Gasteiger partial charge in [-0.2, -0.15) is 9.97 Å². The van der Waals surface area contributed by atoms with Gasteiger partial charge < -0.3 is 13.7 Å². The Kier molecular flexibility index (Phi) is 12.1. The van der Waals surface area contributed by atoms with Crippen molar-refractivity contribution in [1.29, 1.82) is 0 Å². The molecule has 5 heterocycles. The quantitative estimate of drug-likeness (QED) is 0.152. The van der Waals surface area contributed by atoms with E-state index in [1.807, 2.05) is 60.7 Å². The fraction of sp³-hybridized carbons (Fsp3) is 0. The molecule has 0 N–H and O–H groups in total. The molecule has 0 atom stereocenters. The van der Waals surface area contributed by atoms with Gasteiger partial charge in [0.1, 0.15) is 0 Å². The van der Waals surface area contributed by atoms with Crippen molar-refractivity contribution >= 4 is 87.2 Å². The topological polar surface area (TPSA) is 58.4 Å². The highest BCUT2D eigenvalue weighted by molar-refractivity contribution is 6.14. The monoisotopic (exact) mass is 1120 g/mol. The van der Waals surface area contributed by atoms with E-state index in [1.54, 1.807) is 0 Å². The second kappa shape index (κ2) is 21.0. The highest BCUT2D eigenvalue weighted by Crippen LogP contribution is 2.41. The van der Waals surface area contributed by atoms with E-state index in [-0.39, 0.29) is 0 Å². The zero-order chi connectivity index (χ0) is 58.1. The van der Waals surface area contributed by atoms with Crippen LogP contribution in [0.4, 0.5) is 0 Å². The van der Waals surface area contributed by atoms with Crippen LogP contribution in [0, 0.1) is 0 Å². The van der Waals surface area contributed by atoms with Gasteiger partial charge in [0.05, 0.1) is 44.1 Å². The number of rotatable bonds is 8. The van der Waals surface area contributed by atoms with Crippen LogP contribution in [0.5, 0.6) is 0 Å². The molecule has 18 aromatic rings. The maximum atomic E-state index is 5.08. The molecule has 18 rings (SSSR count). The van der Waals surface area contributed by atoms with Crippen LogP contribution < -0.4 is 0 Å². The van der Waals surface area contributed by atoms with Gasteiger partial charge in [-0.05, 0) is 131 Å². The van der Waals surface area contributed by atoms with Gasteiger partial charge >= 0.3 is 0 Å². The predicted octanol–water partition coefficient (Wildman–Crippen LogP) is 20.6. The van der Waals surface area contributed by atoms with E-state index in [0.29, 0.717) is 17.6 Å². The first-order valence-corrected chi connectivity index (χ1v) is 29.8.